The minimum absolute atomic E-state index is 0.217. The molecule has 36 heavy (non-hydrogen) atoms. The number of anilines is 1. The van der Waals surface area contributed by atoms with Crippen molar-refractivity contribution in [3.63, 3.8) is 0 Å². The number of nitrogens with one attached hydrogen (secondary N) is 1. The topological polar surface area (TPSA) is 98.7 Å². The number of rotatable bonds is 5. The van der Waals surface area contributed by atoms with Gasteiger partial charge in [-0.2, -0.15) is 10.1 Å². The van der Waals surface area contributed by atoms with E-state index in [4.69, 9.17) is 27.7 Å². The van der Waals surface area contributed by atoms with Crippen molar-refractivity contribution in [2.45, 2.75) is 13.8 Å². The quantitative estimate of drug-likeness (QED) is 0.241. The zero-order valence-corrected chi connectivity index (χ0v) is 22.1. The fraction of sp³-hybridized carbons (Fsp3) is 0.0800. The first-order valence-electron chi connectivity index (χ1n) is 10.7. The van der Waals surface area contributed by atoms with Gasteiger partial charge in [0.1, 0.15) is 10.3 Å². The molecule has 11 heteroatoms. The highest BCUT2D eigenvalue weighted by molar-refractivity contribution is 9.10. The Morgan fingerprint density at radius 3 is 2.61 bits per heavy atom. The largest absolute Gasteiger partial charge is 0.334 e. The Bertz CT molecular complexity index is 1610. The lowest BCUT2D eigenvalue weighted by molar-refractivity contribution is 0.101. The van der Waals surface area contributed by atoms with Gasteiger partial charge in [0.05, 0.1) is 16.3 Å². The zero-order chi connectivity index (χ0) is 25.4. The van der Waals surface area contributed by atoms with Crippen LogP contribution in [0.5, 0.6) is 0 Å². The van der Waals surface area contributed by atoms with Gasteiger partial charge in [-0.25, -0.2) is 9.67 Å². The molecular weight excluding hydrogens is 567 g/mol. The van der Waals surface area contributed by atoms with Crippen molar-refractivity contribution in [1.82, 2.24) is 24.9 Å². The van der Waals surface area contributed by atoms with Crippen molar-refractivity contribution >= 4 is 50.7 Å². The first-order chi connectivity index (χ1) is 17.3. The summed E-state index contributed by atoms with van der Waals surface area (Å²) in [5, 5.41) is 12.2. The van der Waals surface area contributed by atoms with E-state index >= 15 is 0 Å². The number of hydrogen-bond donors (Lipinski definition) is 1. The van der Waals surface area contributed by atoms with E-state index in [0.717, 1.165) is 11.1 Å². The standard InChI is InChI=1S/C25H17BrCl2N6O2/c1-13-6-3-4-7-16(13)22-31-25(36-33-22)17-11-15(27)10-14(2)21(17)30-24(35)19-12-20(26)32-34(19)23-18(28)8-5-9-29-23/h3-12H,1-2H3,(H,30,35). The number of halogens is 3. The van der Waals surface area contributed by atoms with Crippen LogP contribution in [0.1, 0.15) is 21.6 Å². The number of benzene rings is 2. The first-order valence-corrected chi connectivity index (χ1v) is 12.2. The van der Waals surface area contributed by atoms with E-state index in [1.807, 2.05) is 38.1 Å². The normalized spacial score (nSPS) is 11.0. The van der Waals surface area contributed by atoms with E-state index < -0.39 is 5.91 Å². The van der Waals surface area contributed by atoms with Crippen LogP contribution >= 0.6 is 39.1 Å². The summed E-state index contributed by atoms with van der Waals surface area (Å²) in [4.78, 5) is 22.3. The van der Waals surface area contributed by atoms with Crippen LogP contribution in [0, 0.1) is 13.8 Å². The van der Waals surface area contributed by atoms with Gasteiger partial charge < -0.3 is 9.84 Å². The fourth-order valence-electron chi connectivity index (χ4n) is 3.73. The van der Waals surface area contributed by atoms with Gasteiger partial charge in [0, 0.05) is 22.8 Å². The Hall–Kier alpha value is -3.53. The molecular formula is C25H17BrCl2N6O2. The molecule has 0 aliphatic heterocycles. The van der Waals surface area contributed by atoms with Gasteiger partial charge in [-0.1, -0.05) is 52.6 Å². The minimum Gasteiger partial charge on any atom is -0.334 e. The maximum absolute atomic E-state index is 13.5. The summed E-state index contributed by atoms with van der Waals surface area (Å²) in [7, 11) is 0. The Morgan fingerprint density at radius 1 is 1.03 bits per heavy atom. The van der Waals surface area contributed by atoms with Crippen LogP contribution < -0.4 is 5.32 Å². The molecule has 0 unspecified atom stereocenters. The van der Waals surface area contributed by atoms with Crippen LogP contribution in [0.3, 0.4) is 0 Å². The second kappa shape index (κ2) is 9.85. The monoisotopic (exact) mass is 582 g/mol. The van der Waals surface area contributed by atoms with Crippen LogP contribution in [0.4, 0.5) is 5.69 Å². The molecule has 3 aromatic heterocycles. The Morgan fingerprint density at radius 2 is 1.83 bits per heavy atom. The predicted molar refractivity (Wildman–Crippen MR) is 142 cm³/mol. The molecule has 0 radical (unpaired) electrons. The summed E-state index contributed by atoms with van der Waals surface area (Å²) >= 11 is 16.0. The summed E-state index contributed by atoms with van der Waals surface area (Å²) in [6.45, 7) is 3.79. The van der Waals surface area contributed by atoms with Crippen LogP contribution in [-0.2, 0) is 0 Å². The highest BCUT2D eigenvalue weighted by Crippen LogP contribution is 2.35. The summed E-state index contributed by atoms with van der Waals surface area (Å²) in [6.07, 6.45) is 1.57. The molecule has 1 amide bonds. The molecule has 1 N–H and O–H groups in total. The summed E-state index contributed by atoms with van der Waals surface area (Å²) < 4.78 is 7.40. The highest BCUT2D eigenvalue weighted by atomic mass is 79.9. The van der Waals surface area contributed by atoms with Crippen LogP contribution in [0.2, 0.25) is 10.0 Å². The van der Waals surface area contributed by atoms with E-state index in [1.165, 1.54) is 4.68 Å². The molecule has 0 saturated carbocycles. The number of aryl methyl sites for hydroxylation is 2. The molecule has 0 saturated heterocycles. The molecule has 3 heterocycles. The van der Waals surface area contributed by atoms with Crippen LogP contribution in [0.15, 0.2) is 69.9 Å². The van der Waals surface area contributed by atoms with Gasteiger partial charge in [-0.3, -0.25) is 4.79 Å². The number of nitrogens with zero attached hydrogens (tertiary/aromatic N) is 5. The van der Waals surface area contributed by atoms with Crippen molar-refractivity contribution in [2.24, 2.45) is 0 Å². The van der Waals surface area contributed by atoms with Gasteiger partial charge in [-0.15, -0.1) is 0 Å². The Labute approximate surface area is 224 Å². The van der Waals surface area contributed by atoms with E-state index in [1.54, 1.807) is 36.5 Å². The van der Waals surface area contributed by atoms with Crippen molar-refractivity contribution in [3.8, 4) is 28.7 Å². The van der Waals surface area contributed by atoms with Crippen molar-refractivity contribution in [1.29, 1.82) is 0 Å². The lowest BCUT2D eigenvalue weighted by Gasteiger charge is -2.13. The van der Waals surface area contributed by atoms with Gasteiger partial charge in [0.2, 0.25) is 5.82 Å². The zero-order valence-electron chi connectivity index (χ0n) is 19.0. The maximum atomic E-state index is 13.5. The molecule has 0 atom stereocenters. The molecule has 8 nitrogen and oxygen atoms in total. The third-order valence-electron chi connectivity index (χ3n) is 5.43. The summed E-state index contributed by atoms with van der Waals surface area (Å²) in [6, 6.07) is 16.1. The lowest BCUT2D eigenvalue weighted by atomic mass is 10.1. The third kappa shape index (κ3) is 4.65. The van der Waals surface area contributed by atoms with Crippen LogP contribution in [0.25, 0.3) is 28.7 Å². The number of carbonyl (C=O) groups excluding carboxylic acids is 1. The predicted octanol–water partition coefficient (Wildman–Crippen LogP) is 6.92. The molecule has 0 fully saturated rings. The molecule has 0 aliphatic carbocycles. The molecule has 2 aromatic carbocycles. The number of pyridine rings is 1. The lowest BCUT2D eigenvalue weighted by Crippen LogP contribution is -2.18. The number of aromatic nitrogens is 5. The van der Waals surface area contributed by atoms with Gasteiger partial charge in [0.25, 0.3) is 11.8 Å². The average Bonchev–Trinajstić information content (AvgIpc) is 3.48. The summed E-state index contributed by atoms with van der Waals surface area (Å²) in [5.41, 5.74) is 3.74. The van der Waals surface area contributed by atoms with E-state index in [2.05, 4.69) is 41.5 Å². The smallest absolute Gasteiger partial charge is 0.274 e. The maximum Gasteiger partial charge on any atom is 0.274 e. The van der Waals surface area contributed by atoms with E-state index in [-0.39, 0.29) is 11.6 Å². The average molecular weight is 584 g/mol. The fourth-order valence-corrected chi connectivity index (χ4v) is 4.58. The molecule has 180 valence electrons. The number of amides is 1. The van der Waals surface area contributed by atoms with Crippen molar-refractivity contribution in [2.75, 3.05) is 5.32 Å². The Balaban J connectivity index is 1.55. The molecule has 0 bridgehead atoms. The molecule has 0 aliphatic rings. The first kappa shape index (κ1) is 24.2. The molecule has 5 rings (SSSR count). The van der Waals surface area contributed by atoms with E-state index in [9.17, 15) is 4.79 Å². The Kier molecular flexibility index (Phi) is 6.61. The van der Waals surface area contributed by atoms with Crippen molar-refractivity contribution < 1.29 is 9.32 Å². The minimum atomic E-state index is -0.444. The second-order valence-corrected chi connectivity index (χ2v) is 9.57. The van der Waals surface area contributed by atoms with Gasteiger partial charge in [-0.05, 0) is 65.2 Å². The van der Waals surface area contributed by atoms with Gasteiger partial charge >= 0.3 is 0 Å². The van der Waals surface area contributed by atoms with Gasteiger partial charge in [0.15, 0.2) is 5.82 Å². The second-order valence-electron chi connectivity index (χ2n) is 7.91. The summed E-state index contributed by atoms with van der Waals surface area (Å²) in [5.74, 6) is 0.532. The highest BCUT2D eigenvalue weighted by Gasteiger charge is 2.23. The van der Waals surface area contributed by atoms with Crippen molar-refractivity contribution in [3.05, 3.63) is 92.3 Å². The molecule has 0 spiro atoms. The molecule has 5 aromatic rings. The SMILES string of the molecule is Cc1ccccc1-c1noc(-c2cc(Cl)cc(C)c2NC(=O)c2cc(Br)nn2-c2ncccc2Cl)n1. The number of carbonyl (C=O) groups is 1. The third-order valence-corrected chi connectivity index (χ3v) is 6.33. The van der Waals surface area contributed by atoms with Crippen LogP contribution in [-0.4, -0.2) is 30.8 Å². The number of hydrogen-bond acceptors (Lipinski definition) is 6. The van der Waals surface area contributed by atoms with E-state index in [0.29, 0.717) is 43.1 Å².